The minimum absolute atomic E-state index is 0.0900. The summed E-state index contributed by atoms with van der Waals surface area (Å²) in [5.74, 6) is 0.181. The average molecular weight is 290 g/mol. The van der Waals surface area contributed by atoms with E-state index in [0.717, 1.165) is 6.42 Å². The van der Waals surface area contributed by atoms with Crippen LogP contribution in [0.5, 0.6) is 0 Å². The molecule has 90 valence electrons. The first kappa shape index (κ1) is 13.3. The minimum Gasteiger partial charge on any atom is -0.392 e. The molecule has 0 aliphatic carbocycles. The summed E-state index contributed by atoms with van der Waals surface area (Å²) >= 11 is 2.62. The molecular weight excluding hydrogens is 275 g/mol. The number of rotatable bonds is 2. The molecule has 1 heterocycles. The fourth-order valence-electron chi connectivity index (χ4n) is 1.61. The number of aliphatic hydroxyl groups is 1. The lowest BCUT2D eigenvalue weighted by Gasteiger charge is -2.35. The van der Waals surface area contributed by atoms with E-state index in [-0.39, 0.29) is 12.5 Å². The smallest absolute Gasteiger partial charge is 0.392 e. The highest BCUT2D eigenvalue weighted by molar-refractivity contribution is 9.09. The Morgan fingerprint density at radius 2 is 2.13 bits per heavy atom. The zero-order valence-electron chi connectivity index (χ0n) is 8.47. The van der Waals surface area contributed by atoms with Crippen LogP contribution in [0.1, 0.15) is 13.3 Å². The molecule has 2 nitrogen and oxygen atoms in total. The standard InChI is InChI=1S/C9H15BrF3NO/c1-6-2-3-14(4-7(6)15)5-8(10)9(11,12)13/h6-8,15H,2-5H2,1H3. The minimum atomic E-state index is -4.21. The Morgan fingerprint density at radius 3 is 2.60 bits per heavy atom. The lowest BCUT2D eigenvalue weighted by Crippen LogP contribution is -2.47. The van der Waals surface area contributed by atoms with Crippen LogP contribution in [0.25, 0.3) is 0 Å². The third-order valence-electron chi connectivity index (χ3n) is 2.78. The molecule has 0 spiro atoms. The van der Waals surface area contributed by atoms with E-state index < -0.39 is 17.1 Å². The molecule has 1 fully saturated rings. The predicted molar refractivity (Wildman–Crippen MR) is 55.0 cm³/mol. The van der Waals surface area contributed by atoms with Gasteiger partial charge in [-0.05, 0) is 18.9 Å². The summed E-state index contributed by atoms with van der Waals surface area (Å²) in [4.78, 5) is 0.142. The largest absolute Gasteiger partial charge is 0.402 e. The maximum Gasteiger partial charge on any atom is 0.402 e. The number of nitrogens with zero attached hydrogens (tertiary/aromatic N) is 1. The van der Waals surface area contributed by atoms with Gasteiger partial charge in [-0.3, -0.25) is 4.90 Å². The number of alkyl halides is 4. The van der Waals surface area contributed by atoms with Crippen LogP contribution in [0.4, 0.5) is 13.2 Å². The van der Waals surface area contributed by atoms with E-state index >= 15 is 0 Å². The van der Waals surface area contributed by atoms with Gasteiger partial charge in [0, 0.05) is 13.1 Å². The molecule has 3 atom stereocenters. The zero-order chi connectivity index (χ0) is 11.6. The molecule has 0 aromatic carbocycles. The van der Waals surface area contributed by atoms with Crippen molar-refractivity contribution in [2.24, 2.45) is 5.92 Å². The summed E-state index contributed by atoms with van der Waals surface area (Å²) in [7, 11) is 0. The van der Waals surface area contributed by atoms with Gasteiger partial charge < -0.3 is 5.11 Å². The first-order valence-electron chi connectivity index (χ1n) is 4.92. The van der Waals surface area contributed by atoms with Gasteiger partial charge in [0.1, 0.15) is 4.83 Å². The SMILES string of the molecule is CC1CCN(CC(Br)C(F)(F)F)CC1O. The quantitative estimate of drug-likeness (QED) is 0.786. The molecule has 15 heavy (non-hydrogen) atoms. The highest BCUT2D eigenvalue weighted by atomic mass is 79.9. The van der Waals surface area contributed by atoms with E-state index in [4.69, 9.17) is 0 Å². The van der Waals surface area contributed by atoms with Gasteiger partial charge in [-0.25, -0.2) is 0 Å². The van der Waals surface area contributed by atoms with Gasteiger partial charge in [-0.15, -0.1) is 0 Å². The Morgan fingerprint density at radius 1 is 1.53 bits per heavy atom. The van der Waals surface area contributed by atoms with Gasteiger partial charge in [-0.1, -0.05) is 22.9 Å². The fraction of sp³-hybridized carbons (Fsp3) is 1.00. The summed E-state index contributed by atoms with van der Waals surface area (Å²) in [6.07, 6.45) is -3.97. The fourth-order valence-corrected chi connectivity index (χ4v) is 2.02. The number of hydrogen-bond acceptors (Lipinski definition) is 2. The molecule has 0 saturated carbocycles. The van der Waals surface area contributed by atoms with E-state index in [9.17, 15) is 18.3 Å². The van der Waals surface area contributed by atoms with Crippen molar-refractivity contribution in [3.05, 3.63) is 0 Å². The summed E-state index contributed by atoms with van der Waals surface area (Å²) < 4.78 is 36.7. The second kappa shape index (κ2) is 5.01. The van der Waals surface area contributed by atoms with E-state index in [1.54, 1.807) is 4.90 Å². The molecule has 1 saturated heterocycles. The molecule has 3 unspecified atom stereocenters. The lowest BCUT2D eigenvalue weighted by molar-refractivity contribution is -0.132. The monoisotopic (exact) mass is 289 g/mol. The molecule has 1 rings (SSSR count). The lowest BCUT2D eigenvalue weighted by atomic mass is 9.96. The van der Waals surface area contributed by atoms with Crippen molar-refractivity contribution in [2.75, 3.05) is 19.6 Å². The van der Waals surface area contributed by atoms with Crippen LogP contribution in [0, 0.1) is 5.92 Å². The van der Waals surface area contributed by atoms with Gasteiger partial charge in [0.05, 0.1) is 6.10 Å². The van der Waals surface area contributed by atoms with Crippen LogP contribution in [-0.2, 0) is 0 Å². The molecular formula is C9H15BrF3NO. The van der Waals surface area contributed by atoms with Gasteiger partial charge in [-0.2, -0.15) is 13.2 Å². The van der Waals surface area contributed by atoms with E-state index in [1.807, 2.05) is 6.92 Å². The Balaban J connectivity index is 2.40. The second-order valence-electron chi connectivity index (χ2n) is 4.10. The van der Waals surface area contributed by atoms with Crippen LogP contribution < -0.4 is 0 Å². The van der Waals surface area contributed by atoms with Crippen molar-refractivity contribution in [1.82, 2.24) is 4.90 Å². The summed E-state index contributed by atoms with van der Waals surface area (Å²) in [6, 6.07) is 0. The van der Waals surface area contributed by atoms with Crippen molar-refractivity contribution in [3.63, 3.8) is 0 Å². The Kier molecular flexibility index (Phi) is 4.43. The molecule has 0 aromatic heterocycles. The Bertz CT molecular complexity index is 212. The highest BCUT2D eigenvalue weighted by Crippen LogP contribution is 2.28. The molecule has 6 heteroatoms. The number of likely N-dealkylation sites (tertiary alicyclic amines) is 1. The Hall–Kier alpha value is 0.190. The van der Waals surface area contributed by atoms with Gasteiger partial charge in [0.25, 0.3) is 0 Å². The van der Waals surface area contributed by atoms with Crippen LogP contribution in [0.2, 0.25) is 0 Å². The summed E-state index contributed by atoms with van der Waals surface area (Å²) in [5.41, 5.74) is 0. The maximum atomic E-state index is 12.2. The number of piperidine rings is 1. The first-order chi connectivity index (χ1) is 6.80. The Labute approximate surface area is 95.6 Å². The van der Waals surface area contributed by atoms with E-state index in [1.165, 1.54) is 0 Å². The topological polar surface area (TPSA) is 23.5 Å². The van der Waals surface area contributed by atoms with Crippen LogP contribution >= 0.6 is 15.9 Å². The van der Waals surface area contributed by atoms with E-state index in [2.05, 4.69) is 15.9 Å². The van der Waals surface area contributed by atoms with Gasteiger partial charge >= 0.3 is 6.18 Å². The van der Waals surface area contributed by atoms with Crippen molar-refractivity contribution >= 4 is 15.9 Å². The van der Waals surface area contributed by atoms with Gasteiger partial charge in [0.2, 0.25) is 0 Å². The third kappa shape index (κ3) is 3.92. The van der Waals surface area contributed by atoms with Crippen molar-refractivity contribution < 1.29 is 18.3 Å². The summed E-state index contributed by atoms with van der Waals surface area (Å²) in [5, 5.41) is 9.53. The predicted octanol–water partition coefficient (Wildman–Crippen LogP) is 2.01. The molecule has 0 aromatic rings. The number of β-amino-alcohol motifs (C(OH)–C–C–N with tert-alkyl or cyclic N) is 1. The van der Waals surface area contributed by atoms with Gasteiger partial charge in [0.15, 0.2) is 0 Å². The van der Waals surface area contributed by atoms with E-state index in [0.29, 0.717) is 13.1 Å². The molecule has 1 aliphatic heterocycles. The van der Waals surface area contributed by atoms with Crippen LogP contribution in [0.3, 0.4) is 0 Å². The first-order valence-corrected chi connectivity index (χ1v) is 5.83. The van der Waals surface area contributed by atoms with Crippen LogP contribution in [0.15, 0.2) is 0 Å². The molecule has 0 amide bonds. The molecule has 0 radical (unpaired) electrons. The number of halogens is 4. The zero-order valence-corrected chi connectivity index (χ0v) is 10.1. The average Bonchev–Trinajstić information content (AvgIpc) is 2.10. The second-order valence-corrected chi connectivity index (χ2v) is 5.21. The number of aliphatic hydroxyl groups excluding tert-OH is 1. The van der Waals surface area contributed by atoms with Crippen LogP contribution in [-0.4, -0.2) is 46.7 Å². The molecule has 1 N–H and O–H groups in total. The highest BCUT2D eigenvalue weighted by Gasteiger charge is 2.39. The number of hydrogen-bond donors (Lipinski definition) is 1. The molecule has 0 bridgehead atoms. The maximum absolute atomic E-state index is 12.2. The summed E-state index contributed by atoms with van der Waals surface area (Å²) in [6.45, 7) is 2.78. The van der Waals surface area contributed by atoms with Crippen molar-refractivity contribution in [1.29, 1.82) is 0 Å². The molecule has 1 aliphatic rings. The third-order valence-corrected chi connectivity index (χ3v) is 3.59. The normalized spacial score (nSPS) is 31.6. The van der Waals surface area contributed by atoms with Crippen molar-refractivity contribution in [3.8, 4) is 0 Å². The van der Waals surface area contributed by atoms with Crippen molar-refractivity contribution in [2.45, 2.75) is 30.5 Å².